The molecule has 7 heteroatoms. The third kappa shape index (κ3) is 4.14. The van der Waals surface area contributed by atoms with Crippen molar-refractivity contribution in [2.45, 2.75) is 30.8 Å². The number of fused-ring (bicyclic) bond motifs is 1. The molecule has 1 aliphatic carbocycles. The van der Waals surface area contributed by atoms with Crippen molar-refractivity contribution in [1.82, 2.24) is 9.97 Å². The summed E-state index contributed by atoms with van der Waals surface area (Å²) in [4.78, 5) is 19.1. The maximum atomic E-state index is 10.7. The molecule has 0 saturated heterocycles. The summed E-state index contributed by atoms with van der Waals surface area (Å²) in [6, 6.07) is 7.88. The van der Waals surface area contributed by atoms with E-state index in [4.69, 9.17) is 16.7 Å². The van der Waals surface area contributed by atoms with Crippen molar-refractivity contribution in [3.8, 4) is 0 Å². The SMILES string of the molecule is O=C(O)CSc1nc(Cl)cc(Nc2cccc3c2CCCC3)n1. The summed E-state index contributed by atoms with van der Waals surface area (Å²) in [6.45, 7) is 0. The molecule has 3 rings (SSSR count). The summed E-state index contributed by atoms with van der Waals surface area (Å²) >= 11 is 7.07. The molecule has 0 spiro atoms. The Morgan fingerprint density at radius 3 is 2.96 bits per heavy atom. The van der Waals surface area contributed by atoms with Crippen molar-refractivity contribution in [3.05, 3.63) is 40.5 Å². The van der Waals surface area contributed by atoms with Gasteiger partial charge in [-0.1, -0.05) is 35.5 Å². The van der Waals surface area contributed by atoms with Crippen molar-refractivity contribution < 1.29 is 9.90 Å². The average Bonchev–Trinajstić information content (AvgIpc) is 2.53. The van der Waals surface area contributed by atoms with E-state index in [0.29, 0.717) is 16.1 Å². The third-order valence-electron chi connectivity index (χ3n) is 3.66. The Labute approximate surface area is 143 Å². The Balaban J connectivity index is 1.84. The zero-order valence-corrected chi connectivity index (χ0v) is 14.0. The molecule has 1 aromatic heterocycles. The third-order valence-corrected chi connectivity index (χ3v) is 4.68. The lowest BCUT2D eigenvalue weighted by molar-refractivity contribution is -0.133. The molecule has 1 aromatic carbocycles. The molecular formula is C16H16ClN3O2S. The number of aliphatic carboxylic acids is 1. The minimum absolute atomic E-state index is 0.0967. The largest absolute Gasteiger partial charge is 0.481 e. The van der Waals surface area contributed by atoms with Gasteiger partial charge in [0.25, 0.3) is 0 Å². The molecule has 1 heterocycles. The first-order valence-electron chi connectivity index (χ1n) is 7.39. The first-order valence-corrected chi connectivity index (χ1v) is 8.75. The summed E-state index contributed by atoms with van der Waals surface area (Å²) < 4.78 is 0. The Bertz CT molecular complexity index is 739. The normalized spacial score (nSPS) is 13.4. The van der Waals surface area contributed by atoms with E-state index < -0.39 is 5.97 Å². The van der Waals surface area contributed by atoms with Crippen LogP contribution in [-0.2, 0) is 17.6 Å². The van der Waals surface area contributed by atoms with Gasteiger partial charge >= 0.3 is 5.97 Å². The number of aromatic nitrogens is 2. The summed E-state index contributed by atoms with van der Waals surface area (Å²) in [5, 5.41) is 12.7. The summed E-state index contributed by atoms with van der Waals surface area (Å²) in [6.07, 6.45) is 4.58. The van der Waals surface area contributed by atoms with Crippen LogP contribution in [0.2, 0.25) is 5.15 Å². The minimum Gasteiger partial charge on any atom is -0.481 e. The number of benzene rings is 1. The molecule has 120 valence electrons. The minimum atomic E-state index is -0.912. The Morgan fingerprint density at radius 1 is 1.30 bits per heavy atom. The molecule has 0 atom stereocenters. The molecule has 0 unspecified atom stereocenters. The highest BCUT2D eigenvalue weighted by atomic mass is 35.5. The number of carboxylic acids is 1. The lowest BCUT2D eigenvalue weighted by Gasteiger charge is -2.20. The summed E-state index contributed by atoms with van der Waals surface area (Å²) in [5.41, 5.74) is 3.74. The van der Waals surface area contributed by atoms with Crippen LogP contribution in [0.15, 0.2) is 29.4 Å². The van der Waals surface area contributed by atoms with Gasteiger partial charge in [-0.3, -0.25) is 4.79 Å². The van der Waals surface area contributed by atoms with Gasteiger partial charge in [0.05, 0.1) is 5.75 Å². The van der Waals surface area contributed by atoms with Crippen LogP contribution in [0.25, 0.3) is 0 Å². The highest BCUT2D eigenvalue weighted by molar-refractivity contribution is 7.99. The van der Waals surface area contributed by atoms with Crippen molar-refractivity contribution in [2.24, 2.45) is 0 Å². The van der Waals surface area contributed by atoms with Gasteiger partial charge in [-0.25, -0.2) is 9.97 Å². The highest BCUT2D eigenvalue weighted by Crippen LogP contribution is 2.30. The van der Waals surface area contributed by atoms with Gasteiger partial charge in [0, 0.05) is 11.8 Å². The van der Waals surface area contributed by atoms with Crippen molar-refractivity contribution in [2.75, 3.05) is 11.1 Å². The smallest absolute Gasteiger partial charge is 0.313 e. The number of thioether (sulfide) groups is 1. The van der Waals surface area contributed by atoms with Crippen molar-refractivity contribution in [1.29, 1.82) is 0 Å². The number of carboxylic acid groups (broad SMARTS) is 1. The van der Waals surface area contributed by atoms with Gasteiger partial charge in [-0.05, 0) is 42.9 Å². The van der Waals surface area contributed by atoms with Crippen LogP contribution in [0, 0.1) is 0 Å². The lowest BCUT2D eigenvalue weighted by atomic mass is 9.90. The van der Waals surface area contributed by atoms with E-state index in [2.05, 4.69) is 21.4 Å². The summed E-state index contributed by atoms with van der Waals surface area (Å²) in [7, 11) is 0. The van der Waals surface area contributed by atoms with Crippen molar-refractivity contribution >= 4 is 40.8 Å². The summed E-state index contributed by atoms with van der Waals surface area (Å²) in [5.74, 6) is -0.428. The number of anilines is 2. The number of rotatable bonds is 5. The molecule has 0 aliphatic heterocycles. The van der Waals surface area contributed by atoms with Crippen LogP contribution in [0.4, 0.5) is 11.5 Å². The van der Waals surface area contributed by atoms with Crippen LogP contribution >= 0.6 is 23.4 Å². The maximum absolute atomic E-state index is 10.7. The van der Waals surface area contributed by atoms with Crippen LogP contribution in [0.5, 0.6) is 0 Å². The van der Waals surface area contributed by atoms with Gasteiger partial charge in [-0.15, -0.1) is 0 Å². The monoisotopic (exact) mass is 349 g/mol. The van der Waals surface area contributed by atoms with Gasteiger partial charge in [0.2, 0.25) is 0 Å². The van der Waals surface area contributed by atoms with Crippen LogP contribution < -0.4 is 5.32 Å². The van der Waals surface area contributed by atoms with Crippen LogP contribution in [0.1, 0.15) is 24.0 Å². The molecule has 0 amide bonds. The molecule has 5 nitrogen and oxygen atoms in total. The van der Waals surface area contributed by atoms with E-state index >= 15 is 0 Å². The maximum Gasteiger partial charge on any atom is 0.313 e. The molecule has 0 saturated carbocycles. The fraction of sp³-hybridized carbons (Fsp3) is 0.312. The van der Waals surface area contributed by atoms with E-state index in [1.807, 2.05) is 12.1 Å². The zero-order chi connectivity index (χ0) is 16.2. The number of aryl methyl sites for hydroxylation is 1. The van der Waals surface area contributed by atoms with Crippen LogP contribution in [-0.4, -0.2) is 26.8 Å². The van der Waals surface area contributed by atoms with E-state index in [-0.39, 0.29) is 5.75 Å². The van der Waals surface area contributed by atoms with Crippen LogP contribution in [0.3, 0.4) is 0 Å². The van der Waals surface area contributed by atoms with Gasteiger partial charge in [0.15, 0.2) is 5.16 Å². The van der Waals surface area contributed by atoms with E-state index in [0.717, 1.165) is 30.3 Å². The highest BCUT2D eigenvalue weighted by Gasteiger charge is 2.14. The number of nitrogens with zero attached hydrogens (tertiary/aromatic N) is 2. The molecule has 0 bridgehead atoms. The first kappa shape index (κ1) is 16.1. The molecule has 0 radical (unpaired) electrons. The van der Waals surface area contributed by atoms with Gasteiger partial charge in [-0.2, -0.15) is 0 Å². The molecule has 0 fully saturated rings. The topological polar surface area (TPSA) is 75.1 Å². The number of halogens is 1. The second kappa shape index (κ2) is 7.19. The predicted molar refractivity (Wildman–Crippen MR) is 91.8 cm³/mol. The van der Waals surface area contributed by atoms with Crippen molar-refractivity contribution in [3.63, 3.8) is 0 Å². The second-order valence-corrected chi connectivity index (χ2v) is 6.65. The Hall–Kier alpha value is -1.79. The van der Waals surface area contributed by atoms with Gasteiger partial charge in [0.1, 0.15) is 11.0 Å². The molecule has 2 N–H and O–H groups in total. The Kier molecular flexibility index (Phi) is 5.03. The number of nitrogens with one attached hydrogen (secondary N) is 1. The molecule has 23 heavy (non-hydrogen) atoms. The van der Waals surface area contributed by atoms with E-state index in [1.165, 1.54) is 24.0 Å². The average molecular weight is 350 g/mol. The van der Waals surface area contributed by atoms with E-state index in [1.54, 1.807) is 6.07 Å². The Morgan fingerprint density at radius 2 is 2.13 bits per heavy atom. The zero-order valence-electron chi connectivity index (χ0n) is 12.4. The first-order chi connectivity index (χ1) is 11.1. The van der Waals surface area contributed by atoms with E-state index in [9.17, 15) is 4.79 Å². The molecule has 2 aromatic rings. The number of hydrogen-bond donors (Lipinski definition) is 2. The van der Waals surface area contributed by atoms with Gasteiger partial charge < -0.3 is 10.4 Å². The second-order valence-electron chi connectivity index (χ2n) is 5.32. The standard InChI is InChI=1S/C16H16ClN3O2S/c17-13-8-14(20-16(19-13)23-9-15(21)22)18-12-7-3-5-10-4-1-2-6-11(10)12/h3,5,7-8H,1-2,4,6,9H2,(H,21,22)(H,18,19,20). The quantitative estimate of drug-likeness (QED) is 0.484. The lowest BCUT2D eigenvalue weighted by Crippen LogP contribution is -2.07. The number of carbonyl (C=O) groups is 1. The molecular weight excluding hydrogens is 334 g/mol. The predicted octanol–water partition coefficient (Wildman–Crippen LogP) is 3.93. The fourth-order valence-electron chi connectivity index (χ4n) is 2.69. The fourth-order valence-corrected chi connectivity index (χ4v) is 3.50. The number of hydrogen-bond acceptors (Lipinski definition) is 5. The molecule has 1 aliphatic rings.